The molecular formula is C16H24BrNO. The van der Waals surface area contributed by atoms with Crippen LogP contribution in [0.3, 0.4) is 0 Å². The van der Waals surface area contributed by atoms with Crippen molar-refractivity contribution in [2.45, 2.75) is 56.9 Å². The lowest BCUT2D eigenvalue weighted by atomic mass is 9.80. The summed E-state index contributed by atoms with van der Waals surface area (Å²) in [5.41, 5.74) is 7.82. The zero-order chi connectivity index (χ0) is 13.7. The molecule has 0 atom stereocenters. The summed E-state index contributed by atoms with van der Waals surface area (Å²) in [6.07, 6.45) is 9.71. The molecule has 0 radical (unpaired) electrons. The van der Waals surface area contributed by atoms with Crippen molar-refractivity contribution >= 4 is 15.9 Å². The molecule has 0 heterocycles. The Hall–Kier alpha value is -0.540. The summed E-state index contributed by atoms with van der Waals surface area (Å²) in [5.74, 6) is 0.954. The quantitative estimate of drug-likeness (QED) is 0.891. The van der Waals surface area contributed by atoms with Gasteiger partial charge in [-0.15, -0.1) is 0 Å². The average molecular weight is 326 g/mol. The van der Waals surface area contributed by atoms with Crippen LogP contribution in [0.25, 0.3) is 0 Å². The Morgan fingerprint density at radius 2 is 1.79 bits per heavy atom. The normalized spacial score (nSPS) is 19.5. The van der Waals surface area contributed by atoms with Crippen molar-refractivity contribution < 1.29 is 4.74 Å². The molecule has 0 unspecified atom stereocenters. The monoisotopic (exact) mass is 325 g/mol. The second kappa shape index (κ2) is 6.76. The Balaban J connectivity index is 2.15. The lowest BCUT2D eigenvalue weighted by Gasteiger charge is -2.32. The molecule has 0 bridgehead atoms. The number of hydrogen-bond acceptors (Lipinski definition) is 2. The smallest absolute Gasteiger partial charge is 0.122 e. The van der Waals surface area contributed by atoms with Gasteiger partial charge in [-0.25, -0.2) is 0 Å². The van der Waals surface area contributed by atoms with Gasteiger partial charge in [0.05, 0.1) is 7.11 Å². The van der Waals surface area contributed by atoms with Crippen molar-refractivity contribution in [2.75, 3.05) is 7.11 Å². The minimum atomic E-state index is -0.0610. The van der Waals surface area contributed by atoms with E-state index in [1.807, 2.05) is 12.1 Å². The van der Waals surface area contributed by atoms with Crippen LogP contribution in [0.2, 0.25) is 0 Å². The maximum Gasteiger partial charge on any atom is 0.122 e. The van der Waals surface area contributed by atoms with Gasteiger partial charge in [-0.05, 0) is 43.0 Å². The van der Waals surface area contributed by atoms with Gasteiger partial charge in [-0.3, -0.25) is 0 Å². The minimum Gasteiger partial charge on any atom is -0.496 e. The molecule has 2 N–H and O–H groups in total. The molecule has 0 aromatic heterocycles. The van der Waals surface area contributed by atoms with Gasteiger partial charge in [-0.1, -0.05) is 48.0 Å². The molecule has 1 aliphatic carbocycles. The highest BCUT2D eigenvalue weighted by molar-refractivity contribution is 9.10. The number of halogens is 1. The standard InChI is InChI=1S/C16H24BrNO/c1-19-15-8-7-14(17)11-13(15)12-16(18)9-5-3-2-4-6-10-16/h7-8,11H,2-6,9-10,12,18H2,1H3. The van der Waals surface area contributed by atoms with Gasteiger partial charge in [0.1, 0.15) is 5.75 Å². The second-order valence-electron chi connectivity index (χ2n) is 5.76. The number of hydrogen-bond donors (Lipinski definition) is 1. The van der Waals surface area contributed by atoms with Crippen molar-refractivity contribution in [2.24, 2.45) is 5.73 Å². The molecule has 0 aliphatic heterocycles. The molecule has 1 fully saturated rings. The van der Waals surface area contributed by atoms with Crippen LogP contribution in [0.5, 0.6) is 5.75 Å². The van der Waals surface area contributed by atoms with Gasteiger partial charge >= 0.3 is 0 Å². The highest BCUT2D eigenvalue weighted by Gasteiger charge is 2.27. The third-order valence-corrected chi connectivity index (χ3v) is 4.63. The zero-order valence-electron chi connectivity index (χ0n) is 11.8. The van der Waals surface area contributed by atoms with E-state index in [4.69, 9.17) is 10.5 Å². The number of rotatable bonds is 3. The summed E-state index contributed by atoms with van der Waals surface area (Å²) in [6.45, 7) is 0. The Morgan fingerprint density at radius 1 is 1.16 bits per heavy atom. The van der Waals surface area contributed by atoms with Crippen LogP contribution in [-0.4, -0.2) is 12.6 Å². The molecule has 2 nitrogen and oxygen atoms in total. The third-order valence-electron chi connectivity index (χ3n) is 4.13. The van der Waals surface area contributed by atoms with E-state index in [0.717, 1.165) is 29.5 Å². The van der Waals surface area contributed by atoms with E-state index in [0.29, 0.717) is 0 Å². The van der Waals surface area contributed by atoms with Crippen LogP contribution >= 0.6 is 15.9 Å². The summed E-state index contributed by atoms with van der Waals surface area (Å²) in [5, 5.41) is 0. The number of nitrogens with two attached hydrogens (primary N) is 1. The zero-order valence-corrected chi connectivity index (χ0v) is 13.3. The van der Waals surface area contributed by atoms with E-state index in [1.165, 1.54) is 37.7 Å². The molecule has 1 aromatic rings. The van der Waals surface area contributed by atoms with Crippen LogP contribution in [-0.2, 0) is 6.42 Å². The van der Waals surface area contributed by atoms with E-state index in [9.17, 15) is 0 Å². The van der Waals surface area contributed by atoms with Gasteiger partial charge in [0, 0.05) is 10.0 Å². The summed E-state index contributed by atoms with van der Waals surface area (Å²) in [4.78, 5) is 0. The Kier molecular flexibility index (Phi) is 5.28. The minimum absolute atomic E-state index is 0.0610. The van der Waals surface area contributed by atoms with Crippen molar-refractivity contribution in [1.29, 1.82) is 0 Å². The van der Waals surface area contributed by atoms with Crippen LogP contribution in [0, 0.1) is 0 Å². The predicted octanol–water partition coefficient (Wildman–Crippen LogP) is 4.44. The first-order chi connectivity index (χ1) is 9.13. The molecule has 3 heteroatoms. The van der Waals surface area contributed by atoms with Gasteiger partial charge in [0.2, 0.25) is 0 Å². The topological polar surface area (TPSA) is 35.2 Å². The first kappa shape index (κ1) is 14.9. The fourth-order valence-corrected chi connectivity index (χ4v) is 3.46. The molecule has 0 spiro atoms. The van der Waals surface area contributed by atoms with Crippen molar-refractivity contribution in [3.63, 3.8) is 0 Å². The molecular weight excluding hydrogens is 302 g/mol. The molecule has 2 rings (SSSR count). The van der Waals surface area contributed by atoms with E-state index in [2.05, 4.69) is 22.0 Å². The van der Waals surface area contributed by atoms with E-state index < -0.39 is 0 Å². The van der Waals surface area contributed by atoms with Crippen molar-refractivity contribution in [3.8, 4) is 5.75 Å². The number of ether oxygens (including phenoxy) is 1. The first-order valence-electron chi connectivity index (χ1n) is 7.24. The highest BCUT2D eigenvalue weighted by atomic mass is 79.9. The predicted molar refractivity (Wildman–Crippen MR) is 83.6 cm³/mol. The van der Waals surface area contributed by atoms with E-state index >= 15 is 0 Å². The fourth-order valence-electron chi connectivity index (χ4n) is 3.05. The summed E-state index contributed by atoms with van der Waals surface area (Å²) in [6, 6.07) is 6.18. The van der Waals surface area contributed by atoms with Crippen LogP contribution in [0.15, 0.2) is 22.7 Å². The van der Waals surface area contributed by atoms with Crippen LogP contribution in [0.1, 0.15) is 50.5 Å². The maximum absolute atomic E-state index is 6.66. The van der Waals surface area contributed by atoms with Crippen LogP contribution < -0.4 is 10.5 Å². The second-order valence-corrected chi connectivity index (χ2v) is 6.68. The van der Waals surface area contributed by atoms with E-state index in [-0.39, 0.29) is 5.54 Å². The van der Waals surface area contributed by atoms with Crippen molar-refractivity contribution in [3.05, 3.63) is 28.2 Å². The van der Waals surface area contributed by atoms with Gasteiger partial charge in [0.15, 0.2) is 0 Å². The average Bonchev–Trinajstić information content (AvgIpc) is 2.35. The van der Waals surface area contributed by atoms with Crippen molar-refractivity contribution in [1.82, 2.24) is 0 Å². The molecule has 0 amide bonds. The Labute approximate surface area is 124 Å². The molecule has 1 aliphatic rings. The molecule has 1 aromatic carbocycles. The van der Waals surface area contributed by atoms with Gasteiger partial charge < -0.3 is 10.5 Å². The molecule has 19 heavy (non-hydrogen) atoms. The summed E-state index contributed by atoms with van der Waals surface area (Å²) >= 11 is 3.54. The fraction of sp³-hybridized carbons (Fsp3) is 0.625. The first-order valence-corrected chi connectivity index (χ1v) is 8.04. The molecule has 0 saturated heterocycles. The Bertz CT molecular complexity index is 411. The largest absolute Gasteiger partial charge is 0.496 e. The maximum atomic E-state index is 6.66. The summed E-state index contributed by atoms with van der Waals surface area (Å²) in [7, 11) is 1.73. The number of benzene rings is 1. The van der Waals surface area contributed by atoms with E-state index in [1.54, 1.807) is 7.11 Å². The highest BCUT2D eigenvalue weighted by Crippen LogP contribution is 2.32. The van der Waals surface area contributed by atoms with Gasteiger partial charge in [-0.2, -0.15) is 0 Å². The summed E-state index contributed by atoms with van der Waals surface area (Å²) < 4.78 is 6.56. The Morgan fingerprint density at radius 3 is 2.42 bits per heavy atom. The lowest BCUT2D eigenvalue weighted by Crippen LogP contribution is -2.42. The molecule has 106 valence electrons. The lowest BCUT2D eigenvalue weighted by molar-refractivity contribution is 0.309. The number of methoxy groups -OCH3 is 1. The molecule has 1 saturated carbocycles. The third kappa shape index (κ3) is 4.22. The van der Waals surface area contributed by atoms with Crippen LogP contribution in [0.4, 0.5) is 0 Å². The van der Waals surface area contributed by atoms with Gasteiger partial charge in [0.25, 0.3) is 0 Å². The SMILES string of the molecule is COc1ccc(Br)cc1CC1(N)CCCCCCC1.